The first-order valence-corrected chi connectivity index (χ1v) is 9.91. The van der Waals surface area contributed by atoms with Crippen LogP contribution in [0.15, 0.2) is 52.4 Å². The third kappa shape index (κ3) is 5.84. The van der Waals surface area contributed by atoms with Crippen LogP contribution in [0.25, 0.3) is 11.3 Å². The normalized spacial score (nSPS) is 12.2. The zero-order valence-corrected chi connectivity index (χ0v) is 15.6. The minimum atomic E-state index is 0.755. The fourth-order valence-electron chi connectivity index (χ4n) is 2.74. The summed E-state index contributed by atoms with van der Waals surface area (Å²) in [6, 6.07) is 10.4. The van der Waals surface area contributed by atoms with Gasteiger partial charge in [0.2, 0.25) is 0 Å². The molecule has 1 aromatic carbocycles. The Morgan fingerprint density at radius 3 is 2.79 bits per heavy atom. The highest BCUT2D eigenvalue weighted by Gasteiger charge is 2.07. The number of thioether (sulfide) groups is 1. The van der Waals surface area contributed by atoms with E-state index in [0.29, 0.717) is 0 Å². The van der Waals surface area contributed by atoms with Gasteiger partial charge in [0.15, 0.2) is 5.76 Å². The molecule has 1 heterocycles. The number of benzene rings is 1. The van der Waals surface area contributed by atoms with Gasteiger partial charge in [-0.05, 0) is 50.1 Å². The van der Waals surface area contributed by atoms with Crippen molar-refractivity contribution < 1.29 is 4.52 Å². The van der Waals surface area contributed by atoms with Gasteiger partial charge in [0.05, 0.1) is 5.69 Å². The maximum atomic E-state index is 5.46. The van der Waals surface area contributed by atoms with Gasteiger partial charge >= 0.3 is 0 Å². The molecule has 24 heavy (non-hydrogen) atoms. The smallest absolute Gasteiger partial charge is 0.167 e. The van der Waals surface area contributed by atoms with Crippen molar-refractivity contribution in [2.24, 2.45) is 5.92 Å². The van der Waals surface area contributed by atoms with Crippen LogP contribution in [0, 0.1) is 5.92 Å². The first-order chi connectivity index (χ1) is 11.8. The average molecular weight is 345 g/mol. The number of hydrogen-bond acceptors (Lipinski definition) is 4. The number of nitrogens with zero attached hydrogens (tertiary/aromatic N) is 1. The molecule has 0 fully saturated rings. The van der Waals surface area contributed by atoms with Crippen molar-refractivity contribution in [1.82, 2.24) is 10.5 Å². The zero-order valence-electron chi connectivity index (χ0n) is 14.8. The van der Waals surface area contributed by atoms with Gasteiger partial charge in [0.1, 0.15) is 0 Å². The third-order valence-corrected chi connectivity index (χ3v) is 5.03. The quantitative estimate of drug-likeness (QED) is 0.330. The van der Waals surface area contributed by atoms with Crippen molar-refractivity contribution >= 4 is 11.8 Å². The highest BCUT2D eigenvalue weighted by molar-refractivity contribution is 7.98. The van der Waals surface area contributed by atoms with Crippen LogP contribution < -0.4 is 5.32 Å². The van der Waals surface area contributed by atoms with E-state index in [0.717, 1.165) is 42.4 Å². The molecule has 2 rings (SSSR count). The van der Waals surface area contributed by atoms with Crippen molar-refractivity contribution in [2.45, 2.75) is 44.0 Å². The Morgan fingerprint density at radius 1 is 1.33 bits per heavy atom. The van der Waals surface area contributed by atoms with Crippen LogP contribution in [-0.2, 0) is 6.54 Å². The van der Waals surface area contributed by atoms with Gasteiger partial charge in [0, 0.05) is 23.1 Å². The lowest BCUT2D eigenvalue weighted by Crippen LogP contribution is -2.15. The van der Waals surface area contributed by atoms with Crippen molar-refractivity contribution in [3.63, 3.8) is 0 Å². The average Bonchev–Trinajstić information content (AvgIpc) is 3.09. The van der Waals surface area contributed by atoms with Crippen molar-refractivity contribution in [1.29, 1.82) is 0 Å². The fourth-order valence-corrected chi connectivity index (χ4v) is 3.15. The van der Waals surface area contributed by atoms with E-state index in [1.165, 1.54) is 24.2 Å². The lowest BCUT2D eigenvalue weighted by molar-refractivity contribution is 0.416. The molecule has 1 atom stereocenters. The van der Waals surface area contributed by atoms with Crippen LogP contribution in [-0.4, -0.2) is 18.0 Å². The van der Waals surface area contributed by atoms with Gasteiger partial charge in [-0.1, -0.05) is 36.7 Å². The molecule has 1 N–H and O–H groups in total. The number of aromatic nitrogens is 1. The van der Waals surface area contributed by atoms with E-state index in [9.17, 15) is 0 Å². The van der Waals surface area contributed by atoms with Crippen LogP contribution in [0.5, 0.6) is 0 Å². The second kappa shape index (κ2) is 10.4. The van der Waals surface area contributed by atoms with E-state index < -0.39 is 0 Å². The Labute approximate surface area is 149 Å². The summed E-state index contributed by atoms with van der Waals surface area (Å²) >= 11 is 1.74. The summed E-state index contributed by atoms with van der Waals surface area (Å²) in [4.78, 5) is 1.25. The lowest BCUT2D eigenvalue weighted by atomic mass is 9.97. The SMILES string of the molecule is C=CCC(CC)CCCNCc1cc(-c2ccc(SC)cc2)on1. The molecule has 130 valence electrons. The highest BCUT2D eigenvalue weighted by Crippen LogP contribution is 2.23. The van der Waals surface area contributed by atoms with Gasteiger partial charge in [0.25, 0.3) is 0 Å². The maximum absolute atomic E-state index is 5.46. The van der Waals surface area contributed by atoms with Crippen molar-refractivity contribution in [2.75, 3.05) is 12.8 Å². The van der Waals surface area contributed by atoms with Gasteiger partial charge < -0.3 is 9.84 Å². The summed E-state index contributed by atoms with van der Waals surface area (Å²) in [6.07, 6.45) is 8.90. The predicted molar refractivity (Wildman–Crippen MR) is 103 cm³/mol. The number of rotatable bonds is 11. The fraction of sp³-hybridized carbons (Fsp3) is 0.450. The van der Waals surface area contributed by atoms with E-state index >= 15 is 0 Å². The van der Waals surface area contributed by atoms with Crippen molar-refractivity contribution in [3.8, 4) is 11.3 Å². The largest absolute Gasteiger partial charge is 0.356 e. The standard InChI is InChI=1S/C20H28N2OS/c1-4-7-16(5-2)8-6-13-21-15-18-14-20(23-22-18)17-9-11-19(24-3)12-10-17/h4,9-12,14,16,21H,1,5-8,13,15H2,2-3H3. The summed E-state index contributed by atoms with van der Waals surface area (Å²) in [5.41, 5.74) is 2.03. The second-order valence-corrected chi connectivity index (χ2v) is 6.91. The molecular weight excluding hydrogens is 316 g/mol. The molecule has 0 saturated heterocycles. The highest BCUT2D eigenvalue weighted by atomic mass is 32.2. The molecule has 0 aliphatic heterocycles. The van der Waals surface area contributed by atoms with Gasteiger partial charge in [-0.2, -0.15) is 0 Å². The van der Waals surface area contributed by atoms with Crippen molar-refractivity contribution in [3.05, 3.63) is 48.7 Å². The molecule has 1 aromatic heterocycles. The number of allylic oxidation sites excluding steroid dienone is 1. The maximum Gasteiger partial charge on any atom is 0.167 e. The summed E-state index contributed by atoms with van der Waals surface area (Å²) in [6.45, 7) is 7.85. The summed E-state index contributed by atoms with van der Waals surface area (Å²) in [5, 5.41) is 7.61. The van der Waals surface area contributed by atoms with E-state index in [-0.39, 0.29) is 0 Å². The lowest BCUT2D eigenvalue weighted by Gasteiger charge is -2.11. The van der Waals surface area contributed by atoms with E-state index in [1.807, 2.05) is 12.1 Å². The Morgan fingerprint density at radius 2 is 2.12 bits per heavy atom. The second-order valence-electron chi connectivity index (χ2n) is 6.03. The zero-order chi connectivity index (χ0) is 17.2. The molecule has 0 aliphatic carbocycles. The summed E-state index contributed by atoms with van der Waals surface area (Å²) in [7, 11) is 0. The topological polar surface area (TPSA) is 38.1 Å². The predicted octanol–water partition coefficient (Wildman–Crippen LogP) is 5.54. The molecule has 0 amide bonds. The minimum absolute atomic E-state index is 0.755. The molecule has 0 bridgehead atoms. The third-order valence-electron chi connectivity index (χ3n) is 4.28. The van der Waals surface area contributed by atoms with Crippen LogP contribution in [0.4, 0.5) is 0 Å². The Hall–Kier alpha value is -1.52. The number of hydrogen-bond donors (Lipinski definition) is 1. The van der Waals surface area contributed by atoms with E-state index in [2.05, 4.69) is 54.5 Å². The van der Waals surface area contributed by atoms with Crippen LogP contribution in [0.2, 0.25) is 0 Å². The molecule has 0 spiro atoms. The summed E-state index contributed by atoms with van der Waals surface area (Å²) < 4.78 is 5.46. The molecule has 1 unspecified atom stereocenters. The Kier molecular flexibility index (Phi) is 8.13. The van der Waals surface area contributed by atoms with Crippen LogP contribution >= 0.6 is 11.8 Å². The first-order valence-electron chi connectivity index (χ1n) is 8.68. The number of nitrogens with one attached hydrogen (secondary N) is 1. The Balaban J connectivity index is 1.74. The van der Waals surface area contributed by atoms with Crippen LogP contribution in [0.1, 0.15) is 38.3 Å². The molecule has 3 nitrogen and oxygen atoms in total. The molecule has 2 aromatic rings. The van der Waals surface area contributed by atoms with Gasteiger partial charge in [-0.15, -0.1) is 18.3 Å². The first kappa shape index (κ1) is 18.8. The van der Waals surface area contributed by atoms with E-state index in [1.54, 1.807) is 11.8 Å². The molecule has 4 heteroatoms. The molecule has 0 saturated carbocycles. The van der Waals surface area contributed by atoms with E-state index in [4.69, 9.17) is 4.52 Å². The molecular formula is C20H28N2OS. The Bertz CT molecular complexity index is 606. The monoisotopic (exact) mass is 344 g/mol. The van der Waals surface area contributed by atoms with Crippen LogP contribution in [0.3, 0.4) is 0 Å². The van der Waals surface area contributed by atoms with Gasteiger partial charge in [-0.3, -0.25) is 0 Å². The minimum Gasteiger partial charge on any atom is -0.356 e. The summed E-state index contributed by atoms with van der Waals surface area (Å²) in [5.74, 6) is 1.60. The van der Waals surface area contributed by atoms with Gasteiger partial charge in [-0.25, -0.2) is 0 Å². The molecule has 0 radical (unpaired) electrons. The molecule has 0 aliphatic rings.